The average Bonchev–Trinajstić information content (AvgIpc) is 3.14. The van der Waals surface area contributed by atoms with Crippen molar-refractivity contribution in [1.82, 2.24) is 14.4 Å². The molecule has 1 aromatic heterocycles. The van der Waals surface area contributed by atoms with Crippen molar-refractivity contribution in [3.8, 4) is 0 Å². The van der Waals surface area contributed by atoms with Gasteiger partial charge in [-0.3, -0.25) is 0 Å². The summed E-state index contributed by atoms with van der Waals surface area (Å²) in [6.45, 7) is 1.94. The highest BCUT2D eigenvalue weighted by atomic mass is 32.2. The minimum Gasteiger partial charge on any atom is -0.392 e. The van der Waals surface area contributed by atoms with Crippen molar-refractivity contribution < 1.29 is 18.0 Å². The lowest BCUT2D eigenvalue weighted by Crippen LogP contribution is -2.33. The van der Waals surface area contributed by atoms with Crippen molar-refractivity contribution in [2.45, 2.75) is 37.7 Å². The smallest absolute Gasteiger partial charge is 0.245 e. The Morgan fingerprint density at radius 3 is 2.74 bits per heavy atom. The Morgan fingerprint density at radius 2 is 2.09 bits per heavy atom. The molecule has 0 bridgehead atoms. The summed E-state index contributed by atoms with van der Waals surface area (Å²) in [6, 6.07) is 8.36. The number of nitrogens with zero attached hydrogens (tertiary/aromatic N) is 3. The Kier molecular flexibility index (Phi) is 4.47. The summed E-state index contributed by atoms with van der Waals surface area (Å²) in [5.74, 6) is 0.656. The molecule has 23 heavy (non-hydrogen) atoms. The fraction of sp³-hybridized carbons (Fsp3) is 0.467. The van der Waals surface area contributed by atoms with Gasteiger partial charge in [-0.25, -0.2) is 8.42 Å². The minimum atomic E-state index is -3.60. The molecule has 2 aromatic rings. The van der Waals surface area contributed by atoms with E-state index in [1.807, 2.05) is 13.0 Å². The van der Waals surface area contributed by atoms with Crippen LogP contribution in [-0.2, 0) is 22.2 Å². The maximum atomic E-state index is 12.7. The Labute approximate surface area is 135 Å². The van der Waals surface area contributed by atoms with E-state index < -0.39 is 22.2 Å². The zero-order chi connectivity index (χ0) is 16.4. The summed E-state index contributed by atoms with van der Waals surface area (Å²) < 4.78 is 31.9. The normalized spacial score (nSPS) is 22.5. The van der Waals surface area contributed by atoms with E-state index in [-0.39, 0.29) is 24.6 Å². The Hall–Kier alpha value is -1.77. The van der Waals surface area contributed by atoms with Crippen LogP contribution in [0.1, 0.15) is 36.7 Å². The molecule has 1 aliphatic rings. The second-order valence-electron chi connectivity index (χ2n) is 5.62. The van der Waals surface area contributed by atoms with Crippen molar-refractivity contribution in [2.75, 3.05) is 6.54 Å². The number of aliphatic hydroxyl groups excluding tert-OH is 1. The highest BCUT2D eigenvalue weighted by molar-refractivity contribution is 7.88. The largest absolute Gasteiger partial charge is 0.392 e. The molecule has 1 N–H and O–H groups in total. The van der Waals surface area contributed by atoms with E-state index in [4.69, 9.17) is 4.52 Å². The van der Waals surface area contributed by atoms with Gasteiger partial charge >= 0.3 is 0 Å². The molecule has 2 atom stereocenters. The van der Waals surface area contributed by atoms with Crippen LogP contribution in [0.25, 0.3) is 0 Å². The van der Waals surface area contributed by atoms with Gasteiger partial charge in [0.25, 0.3) is 0 Å². The van der Waals surface area contributed by atoms with Crippen LogP contribution in [0.15, 0.2) is 34.9 Å². The van der Waals surface area contributed by atoms with E-state index in [9.17, 15) is 13.5 Å². The van der Waals surface area contributed by atoms with E-state index in [0.29, 0.717) is 17.8 Å². The second kappa shape index (κ2) is 6.38. The number of aromatic nitrogens is 2. The number of hydrogen-bond donors (Lipinski definition) is 1. The van der Waals surface area contributed by atoms with E-state index in [1.165, 1.54) is 4.31 Å². The molecule has 0 unspecified atom stereocenters. The predicted octanol–water partition coefficient (Wildman–Crippen LogP) is 1.27. The molecule has 2 heterocycles. The van der Waals surface area contributed by atoms with Gasteiger partial charge in [0.15, 0.2) is 5.82 Å². The molecule has 0 saturated carbocycles. The van der Waals surface area contributed by atoms with E-state index >= 15 is 0 Å². The average molecular weight is 337 g/mol. The van der Waals surface area contributed by atoms with Crippen LogP contribution in [-0.4, -0.2) is 40.6 Å². The Morgan fingerprint density at radius 1 is 1.35 bits per heavy atom. The Bertz CT molecular complexity index is 760. The number of aliphatic hydroxyl groups is 1. The van der Waals surface area contributed by atoms with E-state index in [0.717, 1.165) is 0 Å². The molecule has 124 valence electrons. The SMILES string of the molecule is CCc1noc([C@H]2C[C@H](O)CN2S(=O)(=O)Cc2ccccc2)n1. The molecule has 1 saturated heterocycles. The van der Waals surface area contributed by atoms with Gasteiger partial charge in [-0.05, 0) is 5.56 Å². The van der Waals surface area contributed by atoms with Crippen LogP contribution in [0.5, 0.6) is 0 Å². The van der Waals surface area contributed by atoms with Gasteiger partial charge in [0, 0.05) is 19.4 Å². The van der Waals surface area contributed by atoms with Crippen molar-refractivity contribution in [1.29, 1.82) is 0 Å². The number of benzene rings is 1. The number of β-amino-alcohol motifs (C(OH)–C–C–N with tert-alkyl or cyclic N) is 1. The fourth-order valence-corrected chi connectivity index (χ4v) is 4.47. The zero-order valence-electron chi connectivity index (χ0n) is 12.8. The van der Waals surface area contributed by atoms with Gasteiger partial charge in [0.2, 0.25) is 15.9 Å². The van der Waals surface area contributed by atoms with Crippen LogP contribution in [0, 0.1) is 0 Å². The standard InChI is InChI=1S/C15H19N3O4S/c1-2-14-16-15(22-17-14)13-8-12(19)9-18(13)23(20,21)10-11-6-4-3-5-7-11/h3-7,12-13,19H,2,8-10H2,1H3/t12-,13+/m0/s1. The van der Waals surface area contributed by atoms with Gasteiger partial charge in [0.05, 0.1) is 11.9 Å². The number of rotatable bonds is 5. The lowest BCUT2D eigenvalue weighted by molar-refractivity contribution is 0.188. The summed E-state index contributed by atoms with van der Waals surface area (Å²) in [5.41, 5.74) is 0.701. The molecular weight excluding hydrogens is 318 g/mol. The van der Waals surface area contributed by atoms with Crippen LogP contribution < -0.4 is 0 Å². The van der Waals surface area contributed by atoms with Crippen molar-refractivity contribution in [3.63, 3.8) is 0 Å². The summed E-state index contributed by atoms with van der Waals surface area (Å²) >= 11 is 0. The van der Waals surface area contributed by atoms with Gasteiger partial charge in [-0.2, -0.15) is 9.29 Å². The summed E-state index contributed by atoms with van der Waals surface area (Å²) in [7, 11) is -3.60. The quantitative estimate of drug-likeness (QED) is 0.882. The van der Waals surface area contributed by atoms with Gasteiger partial charge in [0.1, 0.15) is 6.04 Å². The molecule has 0 spiro atoms. The molecule has 0 radical (unpaired) electrons. The van der Waals surface area contributed by atoms with Gasteiger partial charge < -0.3 is 9.63 Å². The molecule has 1 aliphatic heterocycles. The first-order valence-electron chi connectivity index (χ1n) is 7.53. The minimum absolute atomic E-state index is 0.0453. The highest BCUT2D eigenvalue weighted by Gasteiger charge is 2.42. The van der Waals surface area contributed by atoms with Crippen molar-refractivity contribution in [3.05, 3.63) is 47.6 Å². The molecule has 3 rings (SSSR count). The first kappa shape index (κ1) is 16.1. The van der Waals surface area contributed by atoms with Gasteiger partial charge in [-0.15, -0.1) is 0 Å². The van der Waals surface area contributed by atoms with Crippen molar-refractivity contribution >= 4 is 10.0 Å². The second-order valence-corrected chi connectivity index (χ2v) is 7.54. The predicted molar refractivity (Wildman–Crippen MR) is 82.8 cm³/mol. The molecule has 0 aliphatic carbocycles. The van der Waals surface area contributed by atoms with Crippen molar-refractivity contribution in [2.24, 2.45) is 0 Å². The summed E-state index contributed by atoms with van der Waals surface area (Å²) in [6.07, 6.45) is 0.136. The topological polar surface area (TPSA) is 96.5 Å². The first-order valence-corrected chi connectivity index (χ1v) is 9.14. The third-order valence-corrected chi connectivity index (χ3v) is 5.68. The first-order chi connectivity index (χ1) is 11.0. The maximum Gasteiger partial charge on any atom is 0.245 e. The number of sulfonamides is 1. The van der Waals surface area contributed by atoms with E-state index in [2.05, 4.69) is 10.1 Å². The third-order valence-electron chi connectivity index (χ3n) is 3.87. The molecule has 0 amide bonds. The summed E-state index contributed by atoms with van der Waals surface area (Å²) in [4.78, 5) is 4.22. The van der Waals surface area contributed by atoms with E-state index in [1.54, 1.807) is 24.3 Å². The van der Waals surface area contributed by atoms with Crippen LogP contribution in [0.4, 0.5) is 0 Å². The number of hydrogen-bond acceptors (Lipinski definition) is 6. The van der Waals surface area contributed by atoms with Crippen LogP contribution >= 0.6 is 0 Å². The molecule has 1 aromatic carbocycles. The van der Waals surface area contributed by atoms with Gasteiger partial charge in [-0.1, -0.05) is 42.4 Å². The highest BCUT2D eigenvalue weighted by Crippen LogP contribution is 2.34. The third kappa shape index (κ3) is 3.44. The zero-order valence-corrected chi connectivity index (χ0v) is 13.6. The lowest BCUT2D eigenvalue weighted by atomic mass is 10.2. The van der Waals surface area contributed by atoms with Crippen LogP contribution in [0.3, 0.4) is 0 Å². The monoisotopic (exact) mass is 337 g/mol. The summed E-state index contributed by atoms with van der Waals surface area (Å²) in [5, 5.41) is 13.7. The Balaban J connectivity index is 1.86. The maximum absolute atomic E-state index is 12.7. The molecule has 8 heteroatoms. The molecule has 7 nitrogen and oxygen atoms in total. The molecule has 1 fully saturated rings. The lowest BCUT2D eigenvalue weighted by Gasteiger charge is -2.21. The number of aryl methyl sites for hydroxylation is 1. The van der Waals surface area contributed by atoms with Crippen LogP contribution in [0.2, 0.25) is 0 Å². The fourth-order valence-electron chi connectivity index (χ4n) is 2.73. The molecular formula is C15H19N3O4S.